The predicted molar refractivity (Wildman–Crippen MR) is 65.1 cm³/mol. The fourth-order valence-corrected chi connectivity index (χ4v) is 2.40. The summed E-state index contributed by atoms with van der Waals surface area (Å²) in [6.45, 7) is 3.48. The Labute approximate surface area is 105 Å². The van der Waals surface area contributed by atoms with Crippen LogP contribution >= 0.6 is 0 Å². The number of hydrogen-bond acceptors (Lipinski definition) is 4. The lowest BCUT2D eigenvalue weighted by molar-refractivity contribution is 0.155. The van der Waals surface area contributed by atoms with Crippen molar-refractivity contribution in [2.45, 2.75) is 45.4 Å². The number of aliphatic hydroxyl groups excluding tert-OH is 1. The zero-order valence-corrected chi connectivity index (χ0v) is 10.5. The minimum atomic E-state index is -0.237. The minimum absolute atomic E-state index is 0.237. The zero-order valence-electron chi connectivity index (χ0n) is 10.5. The summed E-state index contributed by atoms with van der Waals surface area (Å²) in [5, 5.41) is 22.3. The van der Waals surface area contributed by atoms with Gasteiger partial charge in [0.05, 0.1) is 25.0 Å². The molecule has 3 rings (SSSR count). The van der Waals surface area contributed by atoms with Crippen molar-refractivity contribution in [3.63, 3.8) is 0 Å². The summed E-state index contributed by atoms with van der Waals surface area (Å²) in [6, 6.07) is 0. The molecule has 1 aliphatic carbocycles. The molecule has 0 saturated heterocycles. The Morgan fingerprint density at radius 3 is 3.17 bits per heavy atom. The second-order valence-corrected chi connectivity index (χ2v) is 4.74. The summed E-state index contributed by atoms with van der Waals surface area (Å²) in [4.78, 5) is 0. The van der Waals surface area contributed by atoms with Crippen molar-refractivity contribution >= 4 is 0 Å². The maximum absolute atomic E-state index is 9.73. The van der Waals surface area contributed by atoms with Crippen LogP contribution in [-0.4, -0.2) is 36.0 Å². The van der Waals surface area contributed by atoms with Crippen molar-refractivity contribution in [1.82, 2.24) is 24.8 Å². The highest BCUT2D eigenvalue weighted by Gasteiger charge is 2.21. The van der Waals surface area contributed by atoms with Crippen LogP contribution in [0.4, 0.5) is 0 Å². The summed E-state index contributed by atoms with van der Waals surface area (Å²) in [5.41, 5.74) is 3.30. The van der Waals surface area contributed by atoms with Crippen molar-refractivity contribution in [3.05, 3.63) is 29.3 Å². The molecule has 6 nitrogen and oxygen atoms in total. The lowest BCUT2D eigenvalue weighted by Gasteiger charge is -2.18. The lowest BCUT2D eigenvalue weighted by Crippen LogP contribution is -2.21. The van der Waals surface area contributed by atoms with E-state index >= 15 is 0 Å². The zero-order chi connectivity index (χ0) is 12.5. The highest BCUT2D eigenvalue weighted by molar-refractivity contribution is 5.22. The van der Waals surface area contributed by atoms with Crippen LogP contribution in [0.2, 0.25) is 0 Å². The van der Waals surface area contributed by atoms with Gasteiger partial charge in [0, 0.05) is 18.7 Å². The van der Waals surface area contributed by atoms with Crippen LogP contribution in [0, 0.1) is 0 Å². The summed E-state index contributed by atoms with van der Waals surface area (Å²) in [6.07, 6.45) is 6.05. The molecule has 2 heterocycles. The summed E-state index contributed by atoms with van der Waals surface area (Å²) < 4.78 is 3.74. The van der Waals surface area contributed by atoms with Crippen molar-refractivity contribution < 1.29 is 5.11 Å². The highest BCUT2D eigenvalue weighted by Crippen LogP contribution is 2.21. The van der Waals surface area contributed by atoms with Crippen molar-refractivity contribution in [1.29, 1.82) is 0 Å². The molecule has 96 valence electrons. The van der Waals surface area contributed by atoms with Gasteiger partial charge in [-0.1, -0.05) is 5.21 Å². The average Bonchev–Trinajstić information content (AvgIpc) is 2.97. The molecule has 1 N–H and O–H groups in total. The second-order valence-electron chi connectivity index (χ2n) is 4.74. The first-order valence-electron chi connectivity index (χ1n) is 6.37. The molecule has 0 bridgehead atoms. The van der Waals surface area contributed by atoms with Gasteiger partial charge in [-0.15, -0.1) is 5.10 Å². The van der Waals surface area contributed by atoms with E-state index in [1.807, 2.05) is 24.0 Å². The first kappa shape index (κ1) is 11.4. The van der Waals surface area contributed by atoms with E-state index in [2.05, 4.69) is 15.4 Å². The Bertz CT molecular complexity index is 544. The Kier molecular flexibility index (Phi) is 2.87. The van der Waals surface area contributed by atoms with Crippen LogP contribution in [-0.2, 0) is 25.9 Å². The van der Waals surface area contributed by atoms with Gasteiger partial charge in [0.1, 0.15) is 5.69 Å². The second kappa shape index (κ2) is 4.53. The van der Waals surface area contributed by atoms with E-state index in [4.69, 9.17) is 0 Å². The molecule has 2 aromatic rings. The van der Waals surface area contributed by atoms with E-state index in [-0.39, 0.29) is 6.10 Å². The van der Waals surface area contributed by atoms with Crippen LogP contribution in [0.15, 0.2) is 12.4 Å². The largest absolute Gasteiger partial charge is 0.393 e. The first-order chi connectivity index (χ1) is 8.76. The fraction of sp³-hybridized carbons (Fsp3) is 0.583. The van der Waals surface area contributed by atoms with Crippen LogP contribution < -0.4 is 0 Å². The molecule has 2 aromatic heterocycles. The highest BCUT2D eigenvalue weighted by atomic mass is 16.3. The Morgan fingerprint density at radius 1 is 1.50 bits per heavy atom. The van der Waals surface area contributed by atoms with Gasteiger partial charge in [0.15, 0.2) is 0 Å². The third kappa shape index (κ3) is 2.03. The van der Waals surface area contributed by atoms with E-state index in [1.165, 1.54) is 5.56 Å². The number of hydrogen-bond donors (Lipinski definition) is 1. The third-order valence-electron chi connectivity index (χ3n) is 3.43. The van der Waals surface area contributed by atoms with Gasteiger partial charge in [-0.05, 0) is 25.3 Å². The van der Waals surface area contributed by atoms with E-state index < -0.39 is 0 Å². The van der Waals surface area contributed by atoms with Crippen LogP contribution in [0.5, 0.6) is 0 Å². The van der Waals surface area contributed by atoms with E-state index in [0.717, 1.165) is 30.8 Å². The summed E-state index contributed by atoms with van der Waals surface area (Å²) >= 11 is 0. The Balaban J connectivity index is 1.82. The SMILES string of the molecule is CCn1cc(Cn2ncc3c2CC(O)CC3)nn1. The number of aromatic nitrogens is 5. The van der Waals surface area contributed by atoms with Gasteiger partial charge < -0.3 is 5.11 Å². The molecule has 0 radical (unpaired) electrons. The molecule has 0 aliphatic heterocycles. The van der Waals surface area contributed by atoms with Crippen molar-refractivity contribution in [2.24, 2.45) is 0 Å². The monoisotopic (exact) mass is 247 g/mol. The number of nitrogens with zero attached hydrogens (tertiary/aromatic N) is 5. The van der Waals surface area contributed by atoms with Gasteiger partial charge in [-0.2, -0.15) is 5.10 Å². The van der Waals surface area contributed by atoms with Gasteiger partial charge in [0.25, 0.3) is 0 Å². The molecule has 1 unspecified atom stereocenters. The number of fused-ring (bicyclic) bond motifs is 1. The molecule has 18 heavy (non-hydrogen) atoms. The van der Waals surface area contributed by atoms with Gasteiger partial charge in [0.2, 0.25) is 0 Å². The first-order valence-corrected chi connectivity index (χ1v) is 6.37. The quantitative estimate of drug-likeness (QED) is 0.852. The molecule has 0 saturated carbocycles. The van der Waals surface area contributed by atoms with Gasteiger partial charge in [-0.3, -0.25) is 9.36 Å². The fourth-order valence-electron chi connectivity index (χ4n) is 2.40. The minimum Gasteiger partial charge on any atom is -0.393 e. The third-order valence-corrected chi connectivity index (χ3v) is 3.43. The molecule has 1 atom stereocenters. The van der Waals surface area contributed by atoms with Crippen molar-refractivity contribution in [2.75, 3.05) is 0 Å². The standard InChI is InChI=1S/C12H17N5O/c1-2-16-7-10(14-15-16)8-17-12-5-11(18)4-3-9(12)6-13-17/h6-7,11,18H,2-5,8H2,1H3. The smallest absolute Gasteiger partial charge is 0.104 e. The molecular weight excluding hydrogens is 230 g/mol. The van der Waals surface area contributed by atoms with Crippen molar-refractivity contribution in [3.8, 4) is 0 Å². The number of aliphatic hydroxyl groups is 1. The van der Waals surface area contributed by atoms with E-state index in [1.54, 1.807) is 4.68 Å². The topological polar surface area (TPSA) is 68.8 Å². The molecule has 6 heteroatoms. The normalized spacial score (nSPS) is 18.9. The molecule has 0 aromatic carbocycles. The molecular formula is C12H17N5O. The number of rotatable bonds is 3. The summed E-state index contributed by atoms with van der Waals surface area (Å²) in [7, 11) is 0. The number of aryl methyl sites for hydroxylation is 2. The average molecular weight is 247 g/mol. The molecule has 1 aliphatic rings. The van der Waals surface area contributed by atoms with Crippen LogP contribution in [0.3, 0.4) is 0 Å². The van der Waals surface area contributed by atoms with E-state index in [9.17, 15) is 5.11 Å². The maximum Gasteiger partial charge on any atom is 0.104 e. The predicted octanol–water partition coefficient (Wildman–Crippen LogP) is 0.392. The van der Waals surface area contributed by atoms with Crippen LogP contribution in [0.25, 0.3) is 0 Å². The molecule has 0 fully saturated rings. The maximum atomic E-state index is 9.73. The molecule has 0 amide bonds. The van der Waals surface area contributed by atoms with Gasteiger partial charge >= 0.3 is 0 Å². The molecule has 0 spiro atoms. The Hall–Kier alpha value is -1.69. The van der Waals surface area contributed by atoms with Crippen LogP contribution in [0.1, 0.15) is 30.3 Å². The van der Waals surface area contributed by atoms with E-state index in [0.29, 0.717) is 13.0 Å². The lowest BCUT2D eigenvalue weighted by atomic mass is 9.96. The van der Waals surface area contributed by atoms with Gasteiger partial charge in [-0.25, -0.2) is 0 Å². The summed E-state index contributed by atoms with van der Waals surface area (Å²) in [5.74, 6) is 0. The Morgan fingerprint density at radius 2 is 2.39 bits per heavy atom.